The molecule has 1 heterocycles. The van der Waals surface area contributed by atoms with Crippen LogP contribution in [-0.4, -0.2) is 37.0 Å². The number of nitrogens with one attached hydrogen (secondary N) is 2. The van der Waals surface area contributed by atoms with Gasteiger partial charge in [0.1, 0.15) is 5.00 Å². The van der Waals surface area contributed by atoms with Crippen LogP contribution in [0.1, 0.15) is 43.0 Å². The van der Waals surface area contributed by atoms with Gasteiger partial charge in [0.2, 0.25) is 0 Å². The fraction of sp³-hybridized carbons (Fsp3) is 0.208. The largest absolute Gasteiger partial charge is 0.417 e. The van der Waals surface area contributed by atoms with Crippen LogP contribution in [0, 0.1) is 6.92 Å². The van der Waals surface area contributed by atoms with Gasteiger partial charge in [-0.3, -0.25) is 9.59 Å². The Balaban J connectivity index is 1.73. The number of aryl methyl sites for hydroxylation is 1. The molecule has 3 rings (SSSR count). The Bertz CT molecular complexity index is 1270. The Morgan fingerprint density at radius 1 is 1.14 bits per heavy atom. The molecule has 0 aliphatic carbocycles. The minimum Gasteiger partial charge on any atom is -0.313 e. The first-order chi connectivity index (χ1) is 16.5. The molecule has 0 radical (unpaired) electrons. The number of carbonyl (C=O) groups is 2. The van der Waals surface area contributed by atoms with Crippen LogP contribution in [0.15, 0.2) is 52.9 Å². The van der Waals surface area contributed by atoms with E-state index in [1.807, 2.05) is 25.1 Å². The molecule has 2 aromatic carbocycles. The van der Waals surface area contributed by atoms with Crippen molar-refractivity contribution >= 4 is 46.0 Å². The van der Waals surface area contributed by atoms with Gasteiger partial charge in [-0.05, 0) is 67.4 Å². The fourth-order valence-electron chi connectivity index (χ4n) is 3.23. The van der Waals surface area contributed by atoms with Crippen molar-refractivity contribution in [3.05, 3.63) is 86.2 Å². The lowest BCUT2D eigenvalue weighted by molar-refractivity contribution is -0.137. The highest BCUT2D eigenvalue weighted by molar-refractivity contribution is 7.15. The van der Waals surface area contributed by atoms with Gasteiger partial charge >= 0.3 is 6.18 Å². The summed E-state index contributed by atoms with van der Waals surface area (Å²) in [6.45, 7) is 2.38. The van der Waals surface area contributed by atoms with Crippen LogP contribution in [0.25, 0.3) is 0 Å². The Morgan fingerprint density at radius 3 is 2.57 bits per heavy atom. The molecule has 0 atom stereocenters. The predicted octanol–water partition coefficient (Wildman–Crippen LogP) is 5.81. The highest BCUT2D eigenvalue weighted by Crippen LogP contribution is 2.35. The number of hydrazone groups is 1. The second-order valence-electron chi connectivity index (χ2n) is 7.95. The first kappa shape index (κ1) is 26.4. The van der Waals surface area contributed by atoms with E-state index in [-0.39, 0.29) is 17.0 Å². The van der Waals surface area contributed by atoms with E-state index in [9.17, 15) is 22.8 Å². The van der Waals surface area contributed by atoms with E-state index in [0.29, 0.717) is 22.7 Å². The monoisotopic (exact) mass is 522 g/mol. The van der Waals surface area contributed by atoms with Crippen molar-refractivity contribution in [2.45, 2.75) is 19.6 Å². The van der Waals surface area contributed by atoms with E-state index >= 15 is 0 Å². The second-order valence-corrected chi connectivity index (χ2v) is 9.24. The molecule has 6 nitrogen and oxygen atoms in total. The van der Waals surface area contributed by atoms with Gasteiger partial charge in [0.05, 0.1) is 22.4 Å². The van der Waals surface area contributed by atoms with Gasteiger partial charge in [-0.15, -0.1) is 11.3 Å². The number of hydrogen-bond acceptors (Lipinski definition) is 5. The molecule has 1 aromatic heterocycles. The summed E-state index contributed by atoms with van der Waals surface area (Å²) < 4.78 is 39.1. The fourth-order valence-corrected chi connectivity index (χ4v) is 4.39. The summed E-state index contributed by atoms with van der Waals surface area (Å²) in [7, 11) is 3.85. The number of alkyl halides is 3. The zero-order valence-corrected chi connectivity index (χ0v) is 20.6. The topological polar surface area (TPSA) is 73.8 Å². The van der Waals surface area contributed by atoms with Gasteiger partial charge in [-0.25, -0.2) is 5.43 Å². The molecule has 0 saturated carbocycles. The number of anilines is 1. The highest BCUT2D eigenvalue weighted by atomic mass is 35.5. The lowest BCUT2D eigenvalue weighted by Crippen LogP contribution is -2.21. The minimum absolute atomic E-state index is 0.107. The Labute approximate surface area is 209 Å². The van der Waals surface area contributed by atoms with Gasteiger partial charge in [0.25, 0.3) is 11.8 Å². The zero-order valence-electron chi connectivity index (χ0n) is 19.0. The van der Waals surface area contributed by atoms with Crippen LogP contribution in [0.4, 0.5) is 18.2 Å². The van der Waals surface area contributed by atoms with Crippen molar-refractivity contribution in [1.29, 1.82) is 0 Å². The van der Waals surface area contributed by atoms with Crippen LogP contribution in [0.3, 0.4) is 0 Å². The molecule has 0 unspecified atom stereocenters. The van der Waals surface area contributed by atoms with Crippen LogP contribution in [0.5, 0.6) is 0 Å². The highest BCUT2D eigenvalue weighted by Gasteiger charge is 2.33. The summed E-state index contributed by atoms with van der Waals surface area (Å²) in [5.74, 6) is -0.979. The van der Waals surface area contributed by atoms with Crippen molar-refractivity contribution in [2.75, 3.05) is 19.4 Å². The summed E-state index contributed by atoms with van der Waals surface area (Å²) in [6, 6.07) is 10.5. The molecule has 2 amide bonds. The van der Waals surface area contributed by atoms with Gasteiger partial charge in [0, 0.05) is 12.1 Å². The van der Waals surface area contributed by atoms with Gasteiger partial charge < -0.3 is 10.2 Å². The lowest BCUT2D eigenvalue weighted by atomic mass is 10.1. The normalized spacial score (nSPS) is 11.8. The molecule has 11 heteroatoms. The summed E-state index contributed by atoms with van der Waals surface area (Å²) in [6.07, 6.45) is -3.53. The third-order valence-corrected chi connectivity index (χ3v) is 6.14. The van der Waals surface area contributed by atoms with E-state index in [4.69, 9.17) is 11.6 Å². The number of halogens is 4. The number of thiophene rings is 1. The molecular formula is C24H22ClF3N4O2S. The summed E-state index contributed by atoms with van der Waals surface area (Å²) >= 11 is 6.80. The smallest absolute Gasteiger partial charge is 0.313 e. The summed E-state index contributed by atoms with van der Waals surface area (Å²) in [5.41, 5.74) is 3.66. The van der Waals surface area contributed by atoms with Crippen LogP contribution in [0.2, 0.25) is 5.02 Å². The lowest BCUT2D eigenvalue weighted by Gasteiger charge is -2.11. The summed E-state index contributed by atoms with van der Waals surface area (Å²) in [5, 5.41) is 8.14. The molecule has 0 fully saturated rings. The number of benzene rings is 2. The third-order valence-electron chi connectivity index (χ3n) is 4.79. The predicted molar refractivity (Wildman–Crippen MR) is 132 cm³/mol. The molecule has 0 saturated heterocycles. The van der Waals surface area contributed by atoms with Crippen LogP contribution in [-0.2, 0) is 12.7 Å². The van der Waals surface area contributed by atoms with E-state index < -0.39 is 22.7 Å². The maximum Gasteiger partial charge on any atom is 0.417 e. The number of amides is 2. The molecule has 35 heavy (non-hydrogen) atoms. The van der Waals surface area contributed by atoms with Gasteiger partial charge in [-0.2, -0.15) is 18.3 Å². The molecule has 2 N–H and O–H groups in total. The van der Waals surface area contributed by atoms with Crippen molar-refractivity contribution in [1.82, 2.24) is 10.3 Å². The average Bonchev–Trinajstić information content (AvgIpc) is 3.13. The van der Waals surface area contributed by atoms with Crippen molar-refractivity contribution in [3.63, 3.8) is 0 Å². The molecular weight excluding hydrogens is 501 g/mol. The van der Waals surface area contributed by atoms with Crippen LogP contribution >= 0.6 is 22.9 Å². The van der Waals surface area contributed by atoms with Crippen molar-refractivity contribution < 1.29 is 22.8 Å². The quantitative estimate of drug-likeness (QED) is 0.304. The molecule has 0 spiro atoms. The number of carbonyl (C=O) groups excluding carboxylic acids is 2. The number of hydrogen-bond donors (Lipinski definition) is 2. The van der Waals surface area contributed by atoms with Crippen LogP contribution < -0.4 is 10.7 Å². The molecule has 0 aliphatic rings. The standard InChI is InChI=1S/C24H22ClF3N4O2S/c1-14-13-35-23(30-21(33)17-6-4-5-16(9-17)12-32(2)3)20(14)22(34)31-29-11-15-7-8-19(25)18(10-15)24(26,27)28/h4-11,13H,12H2,1-3H3,(H,30,33)(H,31,34)/b29-11+. The third kappa shape index (κ3) is 6.91. The Morgan fingerprint density at radius 2 is 1.89 bits per heavy atom. The first-order valence-electron chi connectivity index (χ1n) is 10.3. The molecule has 0 aliphatic heterocycles. The molecule has 3 aromatic rings. The maximum atomic E-state index is 13.0. The van der Waals surface area contributed by atoms with Gasteiger partial charge in [-0.1, -0.05) is 29.8 Å². The zero-order chi connectivity index (χ0) is 25.8. The SMILES string of the molecule is Cc1csc(NC(=O)c2cccc(CN(C)C)c2)c1C(=O)N/N=C/c1ccc(Cl)c(C(F)(F)F)c1. The van der Waals surface area contributed by atoms with Crippen molar-refractivity contribution in [2.24, 2.45) is 5.10 Å². The molecule has 0 bridgehead atoms. The summed E-state index contributed by atoms with van der Waals surface area (Å²) in [4.78, 5) is 27.5. The second kappa shape index (κ2) is 11.0. The number of rotatable bonds is 7. The van der Waals surface area contributed by atoms with E-state index in [1.54, 1.807) is 30.5 Å². The van der Waals surface area contributed by atoms with Gasteiger partial charge in [0.15, 0.2) is 0 Å². The average molecular weight is 523 g/mol. The maximum absolute atomic E-state index is 13.0. The number of nitrogens with zero attached hydrogens (tertiary/aromatic N) is 2. The minimum atomic E-state index is -4.61. The molecule has 184 valence electrons. The Kier molecular flexibility index (Phi) is 8.31. The van der Waals surface area contributed by atoms with E-state index in [0.717, 1.165) is 23.9 Å². The van der Waals surface area contributed by atoms with E-state index in [1.165, 1.54) is 17.4 Å². The van der Waals surface area contributed by atoms with Crippen molar-refractivity contribution in [3.8, 4) is 0 Å². The Hall–Kier alpha value is -3.21. The van der Waals surface area contributed by atoms with E-state index in [2.05, 4.69) is 15.8 Å². The first-order valence-corrected chi connectivity index (χ1v) is 11.5.